The van der Waals surface area contributed by atoms with Gasteiger partial charge >= 0.3 is 6.18 Å². The van der Waals surface area contributed by atoms with Gasteiger partial charge in [0.15, 0.2) is 5.09 Å². The Labute approximate surface area is 187 Å². The minimum atomic E-state index is -4.67. The summed E-state index contributed by atoms with van der Waals surface area (Å²) in [4.78, 5) is 13.2. The van der Waals surface area contributed by atoms with Crippen molar-refractivity contribution in [2.75, 3.05) is 5.32 Å². The Bertz CT molecular complexity index is 1360. The summed E-state index contributed by atoms with van der Waals surface area (Å²) in [5.74, 6) is -0.676. The van der Waals surface area contributed by atoms with Crippen LogP contribution in [0.25, 0.3) is 16.8 Å². The Morgan fingerprint density at radius 2 is 1.91 bits per heavy atom. The number of carbonyl (C=O) groups excluding carboxylic acids is 1. The van der Waals surface area contributed by atoms with Crippen LogP contribution < -0.4 is 5.32 Å². The largest absolute Gasteiger partial charge is 0.450 e. The van der Waals surface area contributed by atoms with Crippen LogP contribution >= 0.6 is 23.1 Å². The number of rotatable bonds is 5. The molecule has 2 aromatic heterocycles. The van der Waals surface area contributed by atoms with Crippen LogP contribution in [0.1, 0.15) is 10.8 Å². The van der Waals surface area contributed by atoms with Crippen molar-refractivity contribution in [1.29, 1.82) is 5.26 Å². The summed E-state index contributed by atoms with van der Waals surface area (Å²) in [6.45, 7) is 0. The van der Waals surface area contributed by atoms with E-state index < -0.39 is 17.1 Å². The summed E-state index contributed by atoms with van der Waals surface area (Å²) < 4.78 is 43.5. The number of nitrogens with one attached hydrogen (secondary N) is 1. The molecular formula is C21H11F3N4O2S2. The van der Waals surface area contributed by atoms with E-state index in [0.717, 1.165) is 15.7 Å². The molecule has 4 rings (SSSR count). The van der Waals surface area contributed by atoms with E-state index in [4.69, 9.17) is 4.42 Å². The molecule has 4 aromatic rings. The lowest BCUT2D eigenvalue weighted by Gasteiger charge is -2.04. The number of fused-ring (bicyclic) bond motifs is 1. The highest BCUT2D eigenvalue weighted by Crippen LogP contribution is 2.35. The van der Waals surface area contributed by atoms with E-state index in [0.29, 0.717) is 5.09 Å². The van der Waals surface area contributed by atoms with Gasteiger partial charge in [-0.1, -0.05) is 59.5 Å². The number of hydrogen-bond acceptors (Lipinski definition) is 7. The Balaban J connectivity index is 1.50. The van der Waals surface area contributed by atoms with Crippen LogP contribution in [-0.2, 0) is 11.0 Å². The van der Waals surface area contributed by atoms with Crippen LogP contribution in [0.15, 0.2) is 74.6 Å². The molecule has 0 saturated carbocycles. The zero-order chi connectivity index (χ0) is 22.7. The minimum Gasteiger partial charge on any atom is -0.450 e. The topological polar surface area (TPSA) is 91.8 Å². The van der Waals surface area contributed by atoms with E-state index in [1.807, 2.05) is 42.5 Å². The number of carbonyl (C=O) groups is 1. The fraction of sp³-hybridized carbons (Fsp3) is 0.0476. The highest BCUT2D eigenvalue weighted by molar-refractivity contribution is 7.99. The number of halogens is 3. The molecule has 0 atom stereocenters. The predicted molar refractivity (Wildman–Crippen MR) is 114 cm³/mol. The maximum atomic E-state index is 12.6. The fourth-order valence-corrected chi connectivity index (χ4v) is 4.24. The van der Waals surface area contributed by atoms with Crippen molar-refractivity contribution < 1.29 is 22.4 Å². The van der Waals surface area contributed by atoms with E-state index in [1.54, 1.807) is 18.2 Å². The first-order valence-corrected chi connectivity index (χ1v) is 10.6. The Morgan fingerprint density at radius 3 is 2.66 bits per heavy atom. The van der Waals surface area contributed by atoms with Crippen molar-refractivity contribution in [3.63, 3.8) is 0 Å². The van der Waals surface area contributed by atoms with Gasteiger partial charge in [0.25, 0.3) is 5.91 Å². The van der Waals surface area contributed by atoms with E-state index >= 15 is 0 Å². The van der Waals surface area contributed by atoms with E-state index in [-0.39, 0.29) is 27.8 Å². The molecule has 11 heteroatoms. The molecular weight excluding hydrogens is 461 g/mol. The summed E-state index contributed by atoms with van der Waals surface area (Å²) in [7, 11) is 0. The minimum absolute atomic E-state index is 0.166. The molecule has 6 nitrogen and oxygen atoms in total. The lowest BCUT2D eigenvalue weighted by Crippen LogP contribution is -2.13. The quantitative estimate of drug-likeness (QED) is 0.283. The Kier molecular flexibility index (Phi) is 5.98. The van der Waals surface area contributed by atoms with Gasteiger partial charge < -0.3 is 4.42 Å². The number of aromatic nitrogens is 2. The Morgan fingerprint density at radius 1 is 1.12 bits per heavy atom. The van der Waals surface area contributed by atoms with Gasteiger partial charge in [0.05, 0.1) is 0 Å². The Hall–Kier alpha value is -3.62. The van der Waals surface area contributed by atoms with Crippen LogP contribution in [0.2, 0.25) is 0 Å². The number of benzene rings is 2. The average molecular weight is 472 g/mol. The van der Waals surface area contributed by atoms with Crippen molar-refractivity contribution in [2.24, 2.45) is 0 Å². The molecule has 32 heavy (non-hydrogen) atoms. The van der Waals surface area contributed by atoms with Crippen molar-refractivity contribution in [3.8, 4) is 6.07 Å². The summed E-state index contributed by atoms with van der Waals surface area (Å²) >= 11 is 1.55. The number of amides is 1. The zero-order valence-corrected chi connectivity index (χ0v) is 17.5. The second-order valence-electron chi connectivity index (χ2n) is 6.27. The number of alkyl halides is 3. The van der Waals surface area contributed by atoms with Gasteiger partial charge in [0.2, 0.25) is 10.1 Å². The third-order valence-corrected chi connectivity index (χ3v) is 5.98. The number of nitrogens with zero attached hydrogens (tertiary/aromatic N) is 3. The maximum Gasteiger partial charge on any atom is 0.445 e. The van der Waals surface area contributed by atoms with Crippen LogP contribution in [0.3, 0.4) is 0 Å². The van der Waals surface area contributed by atoms with E-state index in [9.17, 15) is 23.2 Å². The standard InChI is InChI=1S/C21H11F3N4O2S2/c22-21(23,24)19-27-28-20(32-19)26-18(29)13(11-25)10-14-8-9-17(30-14)31-16-7-3-5-12-4-1-2-6-15(12)16/h1-10H,(H,26,28,29). The molecule has 160 valence electrons. The average Bonchev–Trinajstić information content (AvgIpc) is 3.41. The van der Waals surface area contributed by atoms with Crippen LogP contribution in [0.4, 0.5) is 18.3 Å². The van der Waals surface area contributed by atoms with Gasteiger partial charge in [-0.15, -0.1) is 10.2 Å². The lowest BCUT2D eigenvalue weighted by atomic mass is 10.1. The van der Waals surface area contributed by atoms with Crippen molar-refractivity contribution >= 4 is 51.0 Å². The number of anilines is 1. The third kappa shape index (κ3) is 4.82. The summed E-state index contributed by atoms with van der Waals surface area (Å²) in [6, 6.07) is 18.8. The van der Waals surface area contributed by atoms with Crippen molar-refractivity contribution in [3.05, 3.63) is 70.9 Å². The first-order valence-electron chi connectivity index (χ1n) is 8.93. The molecule has 1 amide bonds. The van der Waals surface area contributed by atoms with Crippen molar-refractivity contribution in [1.82, 2.24) is 10.2 Å². The fourth-order valence-electron chi connectivity index (χ4n) is 2.70. The van der Waals surface area contributed by atoms with Gasteiger partial charge in [0.1, 0.15) is 17.4 Å². The monoisotopic (exact) mass is 472 g/mol. The maximum absolute atomic E-state index is 12.6. The molecule has 1 N–H and O–H groups in total. The van der Waals surface area contributed by atoms with Crippen LogP contribution in [-0.4, -0.2) is 16.1 Å². The molecule has 0 aliphatic carbocycles. The lowest BCUT2D eigenvalue weighted by molar-refractivity contribution is -0.138. The first-order chi connectivity index (χ1) is 15.3. The molecule has 2 aromatic carbocycles. The van der Waals surface area contributed by atoms with Gasteiger partial charge in [-0.25, -0.2) is 0 Å². The normalized spacial score (nSPS) is 12.0. The number of hydrogen-bond donors (Lipinski definition) is 1. The van der Waals surface area contributed by atoms with E-state index in [2.05, 4.69) is 15.5 Å². The number of nitriles is 1. The van der Waals surface area contributed by atoms with Gasteiger partial charge in [-0.05, 0) is 29.0 Å². The van der Waals surface area contributed by atoms with E-state index in [1.165, 1.54) is 17.8 Å². The van der Waals surface area contributed by atoms with Crippen LogP contribution in [0.5, 0.6) is 0 Å². The second-order valence-corrected chi connectivity index (χ2v) is 8.29. The van der Waals surface area contributed by atoms with Gasteiger partial charge in [-0.3, -0.25) is 10.1 Å². The zero-order valence-electron chi connectivity index (χ0n) is 15.9. The molecule has 0 fully saturated rings. The smallest absolute Gasteiger partial charge is 0.445 e. The first kappa shape index (κ1) is 21.6. The van der Waals surface area contributed by atoms with Gasteiger partial charge in [-0.2, -0.15) is 18.4 Å². The highest BCUT2D eigenvalue weighted by atomic mass is 32.2. The SMILES string of the molecule is N#CC(=Cc1ccc(Sc2cccc3ccccc23)o1)C(=O)Nc1nnc(C(F)(F)F)s1. The molecule has 0 bridgehead atoms. The predicted octanol–water partition coefficient (Wildman–Crippen LogP) is 6.00. The molecule has 0 aliphatic heterocycles. The second kappa shape index (κ2) is 8.86. The summed E-state index contributed by atoms with van der Waals surface area (Å²) in [5, 5.41) is 18.8. The third-order valence-electron chi connectivity index (χ3n) is 4.10. The molecule has 0 saturated heterocycles. The molecule has 0 unspecified atom stereocenters. The number of furan rings is 1. The van der Waals surface area contributed by atoms with Gasteiger partial charge in [0, 0.05) is 11.0 Å². The molecule has 0 spiro atoms. The highest BCUT2D eigenvalue weighted by Gasteiger charge is 2.35. The molecule has 2 heterocycles. The summed E-state index contributed by atoms with van der Waals surface area (Å²) in [6.07, 6.45) is -3.46. The molecule has 0 radical (unpaired) electrons. The summed E-state index contributed by atoms with van der Waals surface area (Å²) in [5.41, 5.74) is -0.357. The molecule has 0 aliphatic rings. The van der Waals surface area contributed by atoms with Crippen LogP contribution in [0, 0.1) is 11.3 Å². The van der Waals surface area contributed by atoms with Crippen molar-refractivity contribution in [2.45, 2.75) is 16.2 Å².